The second-order valence-electron chi connectivity index (χ2n) is 5.99. The lowest BCUT2D eigenvalue weighted by Gasteiger charge is -2.25. The predicted molar refractivity (Wildman–Crippen MR) is 92.8 cm³/mol. The van der Waals surface area contributed by atoms with Gasteiger partial charge in [-0.05, 0) is 41.9 Å². The Hall–Kier alpha value is -1.08. The quantitative estimate of drug-likeness (QED) is 0.698. The average Bonchev–Trinajstić information content (AvgIpc) is 2.62. The molecular weight excluding hydrogens is 242 g/mol. The minimum absolute atomic E-state index is 0.334. The summed E-state index contributed by atoms with van der Waals surface area (Å²) in [6, 6.07) is 0. The van der Waals surface area contributed by atoms with Gasteiger partial charge >= 0.3 is 0 Å². The summed E-state index contributed by atoms with van der Waals surface area (Å²) < 4.78 is 0. The molecule has 1 aliphatic rings. The highest BCUT2D eigenvalue weighted by atomic mass is 14.5. The van der Waals surface area contributed by atoms with Gasteiger partial charge < -0.3 is 5.73 Å². The van der Waals surface area contributed by atoms with Gasteiger partial charge in [-0.15, -0.1) is 0 Å². The van der Waals surface area contributed by atoms with Crippen molar-refractivity contribution < 1.29 is 0 Å². The fourth-order valence-electron chi connectivity index (χ4n) is 2.26. The number of allylic oxidation sites excluding steroid dienone is 5. The van der Waals surface area contributed by atoms with Crippen LogP contribution in [0, 0.1) is 5.41 Å². The van der Waals surface area contributed by atoms with E-state index in [0.29, 0.717) is 12.0 Å². The first kappa shape index (κ1) is 18.9. The normalized spacial score (nSPS) is 15.2. The Morgan fingerprint density at radius 1 is 1.35 bits per heavy atom. The third kappa shape index (κ3) is 5.92. The van der Waals surface area contributed by atoms with Crippen molar-refractivity contribution in [2.45, 2.75) is 60.8 Å². The van der Waals surface area contributed by atoms with E-state index in [1.807, 2.05) is 13.8 Å². The van der Waals surface area contributed by atoms with Gasteiger partial charge in [0.2, 0.25) is 0 Å². The zero-order valence-electron chi connectivity index (χ0n) is 14.3. The van der Waals surface area contributed by atoms with Gasteiger partial charge in [-0.25, -0.2) is 0 Å². The molecule has 0 aromatic rings. The lowest BCUT2D eigenvalue weighted by atomic mass is 9.80. The summed E-state index contributed by atoms with van der Waals surface area (Å²) in [6.07, 6.45) is 9.75. The first-order valence-electron chi connectivity index (χ1n) is 7.84. The fraction of sp³-hybridized carbons (Fsp3) is 0.579. The first-order chi connectivity index (χ1) is 9.39. The maximum atomic E-state index is 5.72. The molecule has 0 heterocycles. The van der Waals surface area contributed by atoms with E-state index in [1.165, 1.54) is 28.7 Å². The second kappa shape index (κ2) is 8.97. The topological polar surface area (TPSA) is 26.0 Å². The third-order valence-corrected chi connectivity index (χ3v) is 3.84. The zero-order valence-corrected chi connectivity index (χ0v) is 14.3. The van der Waals surface area contributed by atoms with Crippen LogP contribution in [0.3, 0.4) is 0 Å². The molecule has 0 fully saturated rings. The van der Waals surface area contributed by atoms with E-state index >= 15 is 0 Å². The maximum Gasteiger partial charge on any atom is 0.0178 e. The van der Waals surface area contributed by atoms with Crippen LogP contribution in [0.1, 0.15) is 60.8 Å². The van der Waals surface area contributed by atoms with Gasteiger partial charge in [0.15, 0.2) is 0 Å². The van der Waals surface area contributed by atoms with Gasteiger partial charge in [0.1, 0.15) is 0 Å². The molecule has 0 aromatic heterocycles. The van der Waals surface area contributed by atoms with E-state index < -0.39 is 0 Å². The lowest BCUT2D eigenvalue weighted by molar-refractivity contribution is 0.349. The summed E-state index contributed by atoms with van der Waals surface area (Å²) in [4.78, 5) is 0. The van der Waals surface area contributed by atoms with Gasteiger partial charge in [0, 0.05) is 6.54 Å². The van der Waals surface area contributed by atoms with Crippen LogP contribution in [-0.4, -0.2) is 6.54 Å². The molecule has 0 atom stereocenters. The van der Waals surface area contributed by atoms with Crippen LogP contribution >= 0.6 is 0 Å². The highest BCUT2D eigenvalue weighted by molar-refractivity contribution is 5.45. The molecular formula is C19H33N. The SMILES string of the molecule is C=C(CC(C)(C)CC)C1=C(C)C=C(CN)C=CC1.CC. The third-order valence-electron chi connectivity index (χ3n) is 3.84. The Kier molecular flexibility index (Phi) is 8.48. The van der Waals surface area contributed by atoms with E-state index in [9.17, 15) is 0 Å². The van der Waals surface area contributed by atoms with Crippen LogP contribution < -0.4 is 5.73 Å². The second-order valence-corrected chi connectivity index (χ2v) is 5.99. The maximum absolute atomic E-state index is 5.72. The van der Waals surface area contributed by atoms with E-state index in [0.717, 1.165) is 12.8 Å². The Labute approximate surface area is 126 Å². The number of nitrogens with two attached hydrogens (primary N) is 1. The summed E-state index contributed by atoms with van der Waals surface area (Å²) in [5.74, 6) is 0. The van der Waals surface area contributed by atoms with E-state index in [1.54, 1.807) is 0 Å². The standard InChI is InChI=1S/C17H27N.C2H6/c1-6-17(4,5)11-14(3)16-9-7-8-15(12-18)10-13(16)2;1-2/h7-8,10H,3,6,9,11-12,18H2,1-2,4-5H3;1-2H3. The molecule has 0 saturated carbocycles. The number of hydrogen-bond acceptors (Lipinski definition) is 1. The Bertz CT molecular complexity index is 405. The summed E-state index contributed by atoms with van der Waals surface area (Å²) in [6.45, 7) is 17.9. The van der Waals surface area contributed by atoms with Crippen molar-refractivity contribution >= 4 is 0 Å². The molecule has 0 aromatic carbocycles. The summed E-state index contributed by atoms with van der Waals surface area (Å²) in [5.41, 5.74) is 11.2. The highest BCUT2D eigenvalue weighted by Gasteiger charge is 2.19. The Balaban J connectivity index is 0.00000172. The van der Waals surface area contributed by atoms with Crippen LogP contribution in [-0.2, 0) is 0 Å². The predicted octanol–water partition coefficient (Wildman–Crippen LogP) is 5.56. The molecule has 0 radical (unpaired) electrons. The van der Waals surface area contributed by atoms with E-state index in [4.69, 9.17) is 5.73 Å². The minimum atomic E-state index is 0.334. The molecule has 1 nitrogen and oxygen atoms in total. The molecule has 1 heteroatoms. The van der Waals surface area contributed by atoms with Crippen LogP contribution in [0.2, 0.25) is 0 Å². The largest absolute Gasteiger partial charge is 0.326 e. The van der Waals surface area contributed by atoms with Gasteiger partial charge in [-0.1, -0.05) is 71.4 Å². The first-order valence-corrected chi connectivity index (χ1v) is 7.84. The summed E-state index contributed by atoms with van der Waals surface area (Å²) in [7, 11) is 0. The minimum Gasteiger partial charge on any atom is -0.326 e. The average molecular weight is 275 g/mol. The summed E-state index contributed by atoms with van der Waals surface area (Å²) >= 11 is 0. The Morgan fingerprint density at radius 3 is 2.45 bits per heavy atom. The van der Waals surface area contributed by atoms with Crippen molar-refractivity contribution in [2.75, 3.05) is 6.54 Å². The number of hydrogen-bond donors (Lipinski definition) is 1. The van der Waals surface area contributed by atoms with Crippen molar-refractivity contribution in [3.63, 3.8) is 0 Å². The van der Waals surface area contributed by atoms with Gasteiger partial charge in [0.05, 0.1) is 0 Å². The molecule has 0 amide bonds. The van der Waals surface area contributed by atoms with Crippen LogP contribution in [0.5, 0.6) is 0 Å². The summed E-state index contributed by atoms with van der Waals surface area (Å²) in [5, 5.41) is 0. The molecule has 0 spiro atoms. The van der Waals surface area contributed by atoms with Crippen molar-refractivity contribution in [1.29, 1.82) is 0 Å². The molecule has 1 rings (SSSR count). The monoisotopic (exact) mass is 275 g/mol. The zero-order chi connectivity index (χ0) is 15.8. The van der Waals surface area contributed by atoms with Crippen molar-refractivity contribution in [3.05, 3.63) is 47.1 Å². The van der Waals surface area contributed by atoms with Gasteiger partial charge in [0.25, 0.3) is 0 Å². The van der Waals surface area contributed by atoms with Crippen molar-refractivity contribution in [1.82, 2.24) is 0 Å². The van der Waals surface area contributed by atoms with Crippen molar-refractivity contribution in [3.8, 4) is 0 Å². The van der Waals surface area contributed by atoms with E-state index in [-0.39, 0.29) is 0 Å². The molecule has 114 valence electrons. The smallest absolute Gasteiger partial charge is 0.0178 e. The molecule has 0 aliphatic heterocycles. The van der Waals surface area contributed by atoms with Crippen LogP contribution in [0.25, 0.3) is 0 Å². The number of rotatable bonds is 5. The van der Waals surface area contributed by atoms with Crippen LogP contribution in [0.4, 0.5) is 0 Å². The molecule has 1 aliphatic carbocycles. The highest BCUT2D eigenvalue weighted by Crippen LogP contribution is 2.34. The lowest BCUT2D eigenvalue weighted by Crippen LogP contribution is -2.11. The van der Waals surface area contributed by atoms with Gasteiger partial charge in [-0.2, -0.15) is 0 Å². The molecule has 0 unspecified atom stereocenters. The van der Waals surface area contributed by atoms with Crippen molar-refractivity contribution in [2.24, 2.45) is 11.1 Å². The fourth-order valence-corrected chi connectivity index (χ4v) is 2.26. The Morgan fingerprint density at radius 2 is 1.95 bits per heavy atom. The molecule has 0 saturated heterocycles. The van der Waals surface area contributed by atoms with Crippen LogP contribution in [0.15, 0.2) is 47.1 Å². The van der Waals surface area contributed by atoms with Gasteiger partial charge in [-0.3, -0.25) is 0 Å². The molecule has 0 bridgehead atoms. The molecule has 2 N–H and O–H groups in total. The molecule has 20 heavy (non-hydrogen) atoms. The van der Waals surface area contributed by atoms with E-state index in [2.05, 4.69) is 52.5 Å².